The van der Waals surface area contributed by atoms with E-state index in [4.69, 9.17) is 33.7 Å². The monoisotopic (exact) mass is 557 g/mol. The van der Waals surface area contributed by atoms with Crippen molar-refractivity contribution in [3.8, 4) is 11.8 Å². The first kappa shape index (κ1) is 26.9. The molecular weight excluding hydrogens is 529 g/mol. The van der Waals surface area contributed by atoms with E-state index in [-0.39, 0.29) is 5.78 Å². The molecule has 0 saturated heterocycles. The van der Waals surface area contributed by atoms with Crippen molar-refractivity contribution in [2.75, 3.05) is 4.90 Å². The molecule has 0 amide bonds. The Morgan fingerprint density at radius 2 is 1.69 bits per heavy atom. The molecule has 0 aromatic heterocycles. The number of halogens is 2. The van der Waals surface area contributed by atoms with Gasteiger partial charge in [0.25, 0.3) is 0 Å². The summed E-state index contributed by atoms with van der Waals surface area (Å²) in [6.07, 6.45) is 1.84. The third-order valence-electron chi connectivity index (χ3n) is 7.57. The predicted molar refractivity (Wildman–Crippen MR) is 156 cm³/mol. The predicted octanol–water partition coefficient (Wildman–Crippen LogP) is 7.80. The number of nitrogens with zero attached hydrogens (tertiary/aromatic N) is 2. The van der Waals surface area contributed by atoms with E-state index in [0.717, 1.165) is 45.6 Å². The number of hydrogen-bond donors (Lipinski definition) is 1. The van der Waals surface area contributed by atoms with Crippen molar-refractivity contribution < 1.29 is 9.53 Å². The van der Waals surface area contributed by atoms with Gasteiger partial charge in [-0.05, 0) is 97.8 Å². The molecule has 1 unspecified atom stereocenters. The molecule has 7 heteroatoms. The molecule has 0 spiro atoms. The smallest absolute Gasteiger partial charge is 0.161 e. The van der Waals surface area contributed by atoms with E-state index in [9.17, 15) is 10.1 Å². The molecule has 1 heterocycles. The van der Waals surface area contributed by atoms with E-state index < -0.39 is 5.92 Å². The Kier molecular flexibility index (Phi) is 7.44. The van der Waals surface area contributed by atoms with Crippen LogP contribution in [-0.4, -0.2) is 5.78 Å². The highest BCUT2D eigenvalue weighted by molar-refractivity contribution is 6.31. The average molecular weight is 559 g/mol. The van der Waals surface area contributed by atoms with Crippen molar-refractivity contribution in [2.45, 2.75) is 52.6 Å². The van der Waals surface area contributed by atoms with Gasteiger partial charge in [-0.2, -0.15) is 5.26 Å². The number of anilines is 1. The van der Waals surface area contributed by atoms with Gasteiger partial charge in [-0.15, -0.1) is 0 Å². The number of allylic oxidation sites excluding steroid dienone is 3. The fourth-order valence-electron chi connectivity index (χ4n) is 5.57. The summed E-state index contributed by atoms with van der Waals surface area (Å²) < 4.78 is 6.05. The van der Waals surface area contributed by atoms with E-state index in [1.807, 2.05) is 56.0 Å². The zero-order valence-electron chi connectivity index (χ0n) is 22.1. The summed E-state index contributed by atoms with van der Waals surface area (Å²) in [6, 6.07) is 19.3. The van der Waals surface area contributed by atoms with Gasteiger partial charge in [0.15, 0.2) is 5.78 Å². The summed E-state index contributed by atoms with van der Waals surface area (Å²) in [5.74, 6) is 0.536. The van der Waals surface area contributed by atoms with Gasteiger partial charge in [-0.1, -0.05) is 41.4 Å². The van der Waals surface area contributed by atoms with Crippen molar-refractivity contribution in [3.05, 3.63) is 115 Å². The first-order valence-corrected chi connectivity index (χ1v) is 13.7. The Hall–Kier alpha value is -3.72. The van der Waals surface area contributed by atoms with Crippen LogP contribution in [0.25, 0.3) is 0 Å². The minimum Gasteiger partial charge on any atom is -0.489 e. The Morgan fingerprint density at radius 3 is 2.41 bits per heavy atom. The third kappa shape index (κ3) is 5.03. The zero-order valence-corrected chi connectivity index (χ0v) is 23.7. The lowest BCUT2D eigenvalue weighted by atomic mass is 9.74. The van der Waals surface area contributed by atoms with Crippen LogP contribution in [0.3, 0.4) is 0 Å². The second-order valence-electron chi connectivity index (χ2n) is 10.1. The number of aryl methyl sites for hydroxylation is 3. The number of benzene rings is 3. The van der Waals surface area contributed by atoms with Crippen LogP contribution in [0, 0.1) is 32.1 Å². The number of nitrogens with two attached hydrogens (primary N) is 1. The van der Waals surface area contributed by atoms with Gasteiger partial charge >= 0.3 is 0 Å². The Bertz CT molecular complexity index is 1580. The van der Waals surface area contributed by atoms with Gasteiger partial charge in [0, 0.05) is 27.7 Å². The molecule has 2 aliphatic rings. The molecule has 2 N–H and O–H groups in total. The van der Waals surface area contributed by atoms with Gasteiger partial charge in [0.05, 0.1) is 23.2 Å². The highest BCUT2D eigenvalue weighted by atomic mass is 35.5. The number of rotatable bonds is 5. The van der Waals surface area contributed by atoms with Gasteiger partial charge in [-0.25, -0.2) is 0 Å². The summed E-state index contributed by atoms with van der Waals surface area (Å²) in [4.78, 5) is 15.5. The van der Waals surface area contributed by atoms with E-state index >= 15 is 0 Å². The number of nitriles is 1. The van der Waals surface area contributed by atoms with E-state index in [2.05, 4.69) is 18.2 Å². The van der Waals surface area contributed by atoms with E-state index in [1.165, 1.54) is 0 Å². The largest absolute Gasteiger partial charge is 0.489 e. The topological polar surface area (TPSA) is 79.4 Å². The fourth-order valence-corrected chi connectivity index (χ4v) is 5.86. The Balaban J connectivity index is 1.64. The normalized spacial score (nSPS) is 17.3. The zero-order chi connectivity index (χ0) is 27.8. The van der Waals surface area contributed by atoms with E-state index in [1.54, 1.807) is 12.1 Å². The first-order valence-electron chi connectivity index (χ1n) is 12.9. The minimum atomic E-state index is -0.552. The molecule has 0 fully saturated rings. The second-order valence-corrected chi connectivity index (χ2v) is 11.0. The Labute approximate surface area is 239 Å². The van der Waals surface area contributed by atoms with E-state index in [0.29, 0.717) is 52.2 Å². The summed E-state index contributed by atoms with van der Waals surface area (Å²) in [6.45, 7) is 6.35. The SMILES string of the molecule is Cc1cc(C)c(C2C(C#N)=C(N)N(c3cc(Cl)ccc3C)C3=C2C(=O)CCC3)cc1COc1ccc(Cl)cc1. The number of carbonyl (C=O) groups excluding carboxylic acids is 1. The number of hydrogen-bond acceptors (Lipinski definition) is 5. The summed E-state index contributed by atoms with van der Waals surface area (Å²) >= 11 is 12.4. The highest BCUT2D eigenvalue weighted by Crippen LogP contribution is 2.48. The van der Waals surface area contributed by atoms with Gasteiger partial charge in [0.1, 0.15) is 18.2 Å². The molecule has 3 aromatic rings. The molecule has 39 heavy (non-hydrogen) atoms. The molecule has 1 atom stereocenters. The lowest BCUT2D eigenvalue weighted by Gasteiger charge is -2.40. The van der Waals surface area contributed by atoms with Crippen LogP contribution >= 0.6 is 23.2 Å². The fraction of sp³-hybridized carbons (Fsp3) is 0.250. The molecule has 5 rings (SSSR count). The van der Waals surface area contributed by atoms with Crippen LogP contribution in [0.15, 0.2) is 77.3 Å². The van der Waals surface area contributed by atoms with Crippen molar-refractivity contribution in [2.24, 2.45) is 5.73 Å². The molecule has 198 valence electrons. The van der Waals surface area contributed by atoms with Crippen LogP contribution in [0.2, 0.25) is 10.0 Å². The summed E-state index contributed by atoms with van der Waals surface area (Å²) in [5.41, 5.74) is 14.3. The first-order chi connectivity index (χ1) is 18.7. The number of ketones is 1. The van der Waals surface area contributed by atoms with Gasteiger partial charge < -0.3 is 10.5 Å². The van der Waals surface area contributed by atoms with Crippen molar-refractivity contribution >= 4 is 34.7 Å². The molecule has 0 radical (unpaired) electrons. The van der Waals surface area contributed by atoms with Crippen LogP contribution < -0.4 is 15.4 Å². The molecule has 3 aromatic carbocycles. The molecule has 1 aliphatic heterocycles. The van der Waals surface area contributed by atoms with Crippen LogP contribution in [-0.2, 0) is 11.4 Å². The van der Waals surface area contributed by atoms with Crippen LogP contribution in [0.5, 0.6) is 5.75 Å². The minimum absolute atomic E-state index is 0.0464. The lowest BCUT2D eigenvalue weighted by molar-refractivity contribution is -0.116. The quantitative estimate of drug-likeness (QED) is 0.346. The second kappa shape index (κ2) is 10.8. The van der Waals surface area contributed by atoms with Crippen molar-refractivity contribution in [1.82, 2.24) is 0 Å². The number of carbonyl (C=O) groups is 1. The molecular formula is C32H29Cl2N3O2. The van der Waals surface area contributed by atoms with Crippen LogP contribution in [0.1, 0.15) is 53.0 Å². The molecule has 0 bridgehead atoms. The highest BCUT2D eigenvalue weighted by Gasteiger charge is 2.41. The average Bonchev–Trinajstić information content (AvgIpc) is 2.90. The van der Waals surface area contributed by atoms with Crippen LogP contribution in [0.4, 0.5) is 5.69 Å². The maximum atomic E-state index is 13.6. The van der Waals surface area contributed by atoms with Crippen molar-refractivity contribution in [3.63, 3.8) is 0 Å². The maximum Gasteiger partial charge on any atom is 0.161 e. The summed E-state index contributed by atoms with van der Waals surface area (Å²) in [5, 5.41) is 11.6. The van der Waals surface area contributed by atoms with Gasteiger partial charge in [-0.3, -0.25) is 9.69 Å². The number of ether oxygens (including phenoxy) is 1. The Morgan fingerprint density at radius 1 is 0.974 bits per heavy atom. The molecule has 0 saturated carbocycles. The maximum absolute atomic E-state index is 13.6. The standard InChI is InChI=1S/C32H29Cl2N3O2/c1-18-7-8-23(34)15-28(18)37-27-5-4-6-29(38)31(27)30(26(16-35)32(37)36)25-14-21(19(2)13-20(25)3)17-39-24-11-9-22(33)10-12-24/h7-15,30H,4-6,17,36H2,1-3H3. The molecule has 5 nitrogen and oxygen atoms in total. The summed E-state index contributed by atoms with van der Waals surface area (Å²) in [7, 11) is 0. The third-order valence-corrected chi connectivity index (χ3v) is 8.06. The molecule has 1 aliphatic carbocycles. The lowest BCUT2D eigenvalue weighted by Crippen LogP contribution is -2.39. The number of Topliss-reactive ketones (excluding diaryl/α,β-unsaturated/α-hetero) is 1. The van der Waals surface area contributed by atoms with Crippen molar-refractivity contribution in [1.29, 1.82) is 5.26 Å². The van der Waals surface area contributed by atoms with Gasteiger partial charge in [0.2, 0.25) is 0 Å².